The highest BCUT2D eigenvalue weighted by Gasteiger charge is 2.38. The van der Waals surface area contributed by atoms with Gasteiger partial charge in [0.25, 0.3) is 0 Å². The monoisotopic (exact) mass is 358 g/mol. The molecular formula is C19H22N2OS2. The van der Waals surface area contributed by atoms with Crippen molar-refractivity contribution in [3.63, 3.8) is 0 Å². The molecule has 0 spiro atoms. The molecule has 0 fully saturated rings. The summed E-state index contributed by atoms with van der Waals surface area (Å²) in [7, 11) is 0. The highest BCUT2D eigenvalue weighted by Crippen LogP contribution is 2.44. The van der Waals surface area contributed by atoms with Gasteiger partial charge in [0.2, 0.25) is 0 Å². The minimum Gasteiger partial charge on any atom is -0.295 e. The van der Waals surface area contributed by atoms with E-state index < -0.39 is 5.92 Å². The summed E-state index contributed by atoms with van der Waals surface area (Å²) < 4.78 is 0. The lowest BCUT2D eigenvalue weighted by Gasteiger charge is -2.29. The molecule has 126 valence electrons. The van der Waals surface area contributed by atoms with Crippen molar-refractivity contribution in [2.45, 2.75) is 40.5 Å². The molecule has 0 saturated carbocycles. The molecule has 3 nitrogen and oxygen atoms in total. The molecule has 2 rings (SSSR count). The fourth-order valence-corrected chi connectivity index (χ4v) is 5.06. The Morgan fingerprint density at radius 1 is 1.42 bits per heavy atom. The number of thiophene rings is 1. The topological polar surface area (TPSA) is 53.2 Å². The summed E-state index contributed by atoms with van der Waals surface area (Å²) in [4.78, 5) is 18.0. The van der Waals surface area contributed by atoms with Crippen LogP contribution in [0.5, 0.6) is 0 Å². The second-order valence-corrected chi connectivity index (χ2v) is 8.14. The van der Waals surface area contributed by atoms with E-state index in [0.29, 0.717) is 5.57 Å². The van der Waals surface area contributed by atoms with Crippen molar-refractivity contribution in [2.24, 2.45) is 10.9 Å². The number of carbonyl (C=O) groups excluding carboxylic acids is 1. The highest BCUT2D eigenvalue weighted by atomic mass is 32.2. The van der Waals surface area contributed by atoms with Crippen molar-refractivity contribution in [3.8, 4) is 6.07 Å². The van der Waals surface area contributed by atoms with E-state index in [2.05, 4.69) is 31.0 Å². The normalized spacial score (nSPS) is 20.4. The standard InChI is InChI=1S/C19H22N2OS2/c1-11(2)6-8-24-19-15(10-20)17(18-12(3)7-9-23-18)16(14(5)22)13(4)21-19/h6-7,9,15,17H,8H2,1-5H3/t15?,17-/m1/s1. The Balaban J connectivity index is 2.50. The van der Waals surface area contributed by atoms with Crippen molar-refractivity contribution in [2.75, 3.05) is 5.75 Å². The summed E-state index contributed by atoms with van der Waals surface area (Å²) in [5.74, 6) is 0.181. The van der Waals surface area contributed by atoms with Crippen LogP contribution in [-0.4, -0.2) is 16.6 Å². The van der Waals surface area contributed by atoms with Gasteiger partial charge in [0.1, 0.15) is 5.92 Å². The van der Waals surface area contributed by atoms with E-state index in [1.807, 2.05) is 25.3 Å². The van der Waals surface area contributed by atoms with Gasteiger partial charge in [-0.15, -0.1) is 23.1 Å². The molecule has 24 heavy (non-hydrogen) atoms. The zero-order valence-electron chi connectivity index (χ0n) is 14.7. The number of thioether (sulfide) groups is 1. The van der Waals surface area contributed by atoms with Gasteiger partial charge in [-0.1, -0.05) is 11.6 Å². The maximum Gasteiger partial charge on any atom is 0.158 e. The van der Waals surface area contributed by atoms with E-state index in [0.717, 1.165) is 26.9 Å². The third kappa shape index (κ3) is 3.88. The third-order valence-corrected chi connectivity index (χ3v) is 6.08. The Labute approximate surface area is 152 Å². The van der Waals surface area contributed by atoms with Crippen LogP contribution in [-0.2, 0) is 4.79 Å². The zero-order chi connectivity index (χ0) is 17.9. The van der Waals surface area contributed by atoms with E-state index in [9.17, 15) is 10.1 Å². The van der Waals surface area contributed by atoms with Crippen LogP contribution in [0.1, 0.15) is 44.1 Å². The van der Waals surface area contributed by atoms with Crippen molar-refractivity contribution in [3.05, 3.63) is 44.8 Å². The zero-order valence-corrected chi connectivity index (χ0v) is 16.3. The van der Waals surface area contributed by atoms with Gasteiger partial charge < -0.3 is 0 Å². The molecule has 1 aromatic rings. The van der Waals surface area contributed by atoms with Crippen LogP contribution in [0.25, 0.3) is 0 Å². The fraction of sp³-hybridized carbons (Fsp3) is 0.421. The number of hydrogen-bond donors (Lipinski definition) is 0. The number of ketones is 1. The number of aryl methyl sites for hydroxylation is 1. The van der Waals surface area contributed by atoms with Gasteiger partial charge in [0.05, 0.1) is 11.1 Å². The van der Waals surface area contributed by atoms with Gasteiger partial charge >= 0.3 is 0 Å². The molecule has 5 heteroatoms. The predicted octanol–water partition coefficient (Wildman–Crippen LogP) is 5.25. The Kier molecular flexibility index (Phi) is 6.20. The van der Waals surface area contributed by atoms with Gasteiger partial charge in [0, 0.05) is 27.8 Å². The molecule has 0 N–H and O–H groups in total. The lowest BCUT2D eigenvalue weighted by molar-refractivity contribution is -0.114. The number of aliphatic imine (C=N–C) groups is 1. The van der Waals surface area contributed by atoms with Gasteiger partial charge in [-0.05, 0) is 51.6 Å². The van der Waals surface area contributed by atoms with Crippen molar-refractivity contribution in [1.29, 1.82) is 5.26 Å². The number of rotatable bonds is 4. The van der Waals surface area contributed by atoms with Crippen LogP contribution in [0.4, 0.5) is 0 Å². The summed E-state index contributed by atoms with van der Waals surface area (Å²) in [6.07, 6.45) is 2.13. The molecule has 0 bridgehead atoms. The van der Waals surface area contributed by atoms with Gasteiger partial charge in [-0.25, -0.2) is 4.99 Å². The number of Topliss-reactive ketones (excluding diaryl/α,β-unsaturated/α-hetero) is 1. The molecule has 2 atom stereocenters. The number of nitriles is 1. The Bertz CT molecular complexity index is 774. The van der Waals surface area contributed by atoms with Crippen LogP contribution in [0.3, 0.4) is 0 Å². The van der Waals surface area contributed by atoms with Crippen LogP contribution in [0.2, 0.25) is 0 Å². The molecule has 0 aliphatic carbocycles. The summed E-state index contributed by atoms with van der Waals surface area (Å²) in [5.41, 5.74) is 3.80. The molecule has 2 heterocycles. The number of hydrogen-bond acceptors (Lipinski definition) is 5. The van der Waals surface area contributed by atoms with Crippen LogP contribution < -0.4 is 0 Å². The molecule has 0 saturated heterocycles. The maximum atomic E-state index is 12.2. The summed E-state index contributed by atoms with van der Waals surface area (Å²) in [6, 6.07) is 4.46. The number of allylic oxidation sites excluding steroid dienone is 3. The Morgan fingerprint density at radius 3 is 2.62 bits per heavy atom. The minimum absolute atomic E-state index is 0.00245. The number of nitrogens with zero attached hydrogens (tertiary/aromatic N) is 2. The molecular weight excluding hydrogens is 336 g/mol. The van der Waals surface area contributed by atoms with Crippen molar-refractivity contribution < 1.29 is 4.79 Å². The average molecular weight is 359 g/mol. The van der Waals surface area contributed by atoms with Crippen LogP contribution in [0, 0.1) is 24.2 Å². The van der Waals surface area contributed by atoms with E-state index in [1.54, 1.807) is 30.0 Å². The smallest absolute Gasteiger partial charge is 0.158 e. The third-order valence-electron chi connectivity index (χ3n) is 4.00. The van der Waals surface area contributed by atoms with Crippen molar-refractivity contribution in [1.82, 2.24) is 0 Å². The quantitative estimate of drug-likeness (QED) is 0.690. The highest BCUT2D eigenvalue weighted by molar-refractivity contribution is 8.14. The van der Waals surface area contributed by atoms with E-state index >= 15 is 0 Å². The van der Waals surface area contributed by atoms with E-state index in [4.69, 9.17) is 0 Å². The second-order valence-electron chi connectivity index (χ2n) is 6.15. The summed E-state index contributed by atoms with van der Waals surface area (Å²) in [5, 5.41) is 12.7. The first-order valence-corrected chi connectivity index (χ1v) is 9.73. The predicted molar refractivity (Wildman–Crippen MR) is 104 cm³/mol. The molecule has 1 aliphatic rings. The number of carbonyl (C=O) groups is 1. The second kappa shape index (κ2) is 7.96. The van der Waals surface area contributed by atoms with E-state index in [-0.39, 0.29) is 11.7 Å². The molecule has 0 aromatic carbocycles. The molecule has 1 aromatic heterocycles. The lowest BCUT2D eigenvalue weighted by Crippen LogP contribution is -2.27. The first-order valence-electron chi connectivity index (χ1n) is 7.86. The largest absolute Gasteiger partial charge is 0.295 e. The van der Waals surface area contributed by atoms with Gasteiger partial charge in [-0.3, -0.25) is 4.79 Å². The average Bonchev–Trinajstić information content (AvgIpc) is 2.91. The summed E-state index contributed by atoms with van der Waals surface area (Å²) in [6.45, 7) is 9.60. The molecule has 1 unspecified atom stereocenters. The van der Waals surface area contributed by atoms with Crippen LogP contribution in [0.15, 0.2) is 39.4 Å². The van der Waals surface area contributed by atoms with Gasteiger partial charge in [0.15, 0.2) is 5.78 Å². The van der Waals surface area contributed by atoms with Crippen molar-refractivity contribution >= 4 is 33.9 Å². The molecule has 0 amide bonds. The Hall–Kier alpha value is -1.64. The van der Waals surface area contributed by atoms with Crippen LogP contribution >= 0.6 is 23.1 Å². The fourth-order valence-electron chi connectivity index (χ4n) is 2.83. The van der Waals surface area contributed by atoms with Gasteiger partial charge in [-0.2, -0.15) is 5.26 Å². The van der Waals surface area contributed by atoms with E-state index in [1.165, 1.54) is 5.57 Å². The maximum absolute atomic E-state index is 12.2. The molecule has 1 aliphatic heterocycles. The summed E-state index contributed by atoms with van der Waals surface area (Å²) >= 11 is 3.21. The lowest BCUT2D eigenvalue weighted by atomic mass is 9.80. The SMILES string of the molecule is CC(=O)C1=C(C)N=C(SCC=C(C)C)C(C#N)[C@H]1c1sccc1C. The first kappa shape index (κ1) is 18.7. The Morgan fingerprint density at radius 2 is 2.12 bits per heavy atom. The first-order chi connectivity index (χ1) is 11.4. The minimum atomic E-state index is -0.402. The molecule has 0 radical (unpaired) electrons.